The molecule has 1 saturated heterocycles. The van der Waals surface area contributed by atoms with Gasteiger partial charge < -0.3 is 10.7 Å². The number of H-pyrrole nitrogens is 1. The van der Waals surface area contributed by atoms with Gasteiger partial charge >= 0.3 is 0 Å². The molecule has 5 nitrogen and oxygen atoms in total. The SMILES string of the molecule is CC1CCC(C(N)=O)CN1CC(=O)c1ccc[nH]1. The molecule has 5 heteroatoms. The van der Waals surface area contributed by atoms with Crippen molar-refractivity contribution < 1.29 is 9.59 Å². The molecule has 2 heterocycles. The molecule has 1 amide bonds. The Kier molecular flexibility index (Phi) is 3.81. The number of hydrogen-bond donors (Lipinski definition) is 2. The van der Waals surface area contributed by atoms with E-state index in [0.717, 1.165) is 12.8 Å². The van der Waals surface area contributed by atoms with Gasteiger partial charge in [0.15, 0.2) is 5.78 Å². The highest BCUT2D eigenvalue weighted by Crippen LogP contribution is 2.21. The van der Waals surface area contributed by atoms with Crippen molar-refractivity contribution in [2.45, 2.75) is 25.8 Å². The van der Waals surface area contributed by atoms with Crippen LogP contribution in [-0.4, -0.2) is 40.7 Å². The van der Waals surface area contributed by atoms with Crippen LogP contribution in [-0.2, 0) is 4.79 Å². The molecular weight excluding hydrogens is 230 g/mol. The molecule has 0 aliphatic carbocycles. The van der Waals surface area contributed by atoms with E-state index >= 15 is 0 Å². The smallest absolute Gasteiger partial charge is 0.221 e. The topological polar surface area (TPSA) is 79.2 Å². The number of aromatic nitrogens is 1. The zero-order valence-electron chi connectivity index (χ0n) is 10.6. The van der Waals surface area contributed by atoms with E-state index in [1.165, 1.54) is 0 Å². The lowest BCUT2D eigenvalue weighted by atomic mass is 9.92. The van der Waals surface area contributed by atoms with Crippen LogP contribution in [0.5, 0.6) is 0 Å². The molecule has 0 spiro atoms. The minimum atomic E-state index is -0.265. The highest BCUT2D eigenvalue weighted by Gasteiger charge is 2.29. The summed E-state index contributed by atoms with van der Waals surface area (Å²) in [7, 11) is 0. The van der Waals surface area contributed by atoms with Gasteiger partial charge in [0.05, 0.1) is 18.2 Å². The Labute approximate surface area is 106 Å². The third kappa shape index (κ3) is 2.79. The average Bonchev–Trinajstić information content (AvgIpc) is 2.85. The van der Waals surface area contributed by atoms with Crippen molar-refractivity contribution in [2.24, 2.45) is 11.7 Å². The van der Waals surface area contributed by atoms with Crippen LogP contribution in [0.15, 0.2) is 18.3 Å². The van der Waals surface area contributed by atoms with Crippen molar-refractivity contribution in [3.05, 3.63) is 24.0 Å². The molecule has 2 rings (SSSR count). The van der Waals surface area contributed by atoms with Crippen LogP contribution in [0, 0.1) is 5.92 Å². The van der Waals surface area contributed by atoms with E-state index in [9.17, 15) is 9.59 Å². The van der Waals surface area contributed by atoms with Gasteiger partial charge in [-0.1, -0.05) is 0 Å². The summed E-state index contributed by atoms with van der Waals surface area (Å²) in [6, 6.07) is 3.89. The Morgan fingerprint density at radius 3 is 2.89 bits per heavy atom. The second kappa shape index (κ2) is 5.35. The first-order valence-corrected chi connectivity index (χ1v) is 6.28. The van der Waals surface area contributed by atoms with E-state index in [4.69, 9.17) is 5.73 Å². The number of primary amides is 1. The summed E-state index contributed by atoms with van der Waals surface area (Å²) in [6.07, 6.45) is 3.47. The summed E-state index contributed by atoms with van der Waals surface area (Å²) >= 11 is 0. The molecule has 2 atom stereocenters. The van der Waals surface area contributed by atoms with Gasteiger partial charge in [-0.2, -0.15) is 0 Å². The predicted octanol–water partition coefficient (Wildman–Crippen LogP) is 0.783. The molecule has 2 unspecified atom stereocenters. The molecule has 98 valence electrons. The number of rotatable bonds is 4. The number of nitrogens with two attached hydrogens (primary N) is 1. The fourth-order valence-electron chi connectivity index (χ4n) is 2.41. The van der Waals surface area contributed by atoms with Crippen LogP contribution in [0.4, 0.5) is 0 Å². The predicted molar refractivity (Wildman–Crippen MR) is 68.1 cm³/mol. The van der Waals surface area contributed by atoms with E-state index in [2.05, 4.69) is 11.9 Å². The monoisotopic (exact) mass is 249 g/mol. The van der Waals surface area contributed by atoms with Gasteiger partial charge in [0.25, 0.3) is 0 Å². The molecule has 0 aromatic carbocycles. The number of carbonyl (C=O) groups excluding carboxylic acids is 2. The molecule has 1 aliphatic rings. The van der Waals surface area contributed by atoms with E-state index in [1.807, 2.05) is 4.90 Å². The van der Waals surface area contributed by atoms with Gasteiger partial charge in [-0.25, -0.2) is 0 Å². The number of piperidine rings is 1. The standard InChI is InChI=1S/C13H19N3O2/c1-9-4-5-10(13(14)18)7-16(9)8-12(17)11-3-2-6-15-11/h2-3,6,9-10,15H,4-5,7-8H2,1H3,(H2,14,18). The number of amides is 1. The van der Waals surface area contributed by atoms with Crippen molar-refractivity contribution in [1.29, 1.82) is 0 Å². The highest BCUT2D eigenvalue weighted by molar-refractivity contribution is 5.96. The van der Waals surface area contributed by atoms with Gasteiger partial charge in [0.2, 0.25) is 5.91 Å². The normalized spacial score (nSPS) is 24.9. The molecule has 0 radical (unpaired) electrons. The zero-order valence-corrected chi connectivity index (χ0v) is 10.6. The number of hydrogen-bond acceptors (Lipinski definition) is 3. The van der Waals surface area contributed by atoms with E-state index in [0.29, 0.717) is 24.8 Å². The fraction of sp³-hybridized carbons (Fsp3) is 0.538. The highest BCUT2D eigenvalue weighted by atomic mass is 16.1. The maximum absolute atomic E-state index is 12.0. The lowest BCUT2D eigenvalue weighted by Gasteiger charge is -2.36. The summed E-state index contributed by atoms with van der Waals surface area (Å²) < 4.78 is 0. The first kappa shape index (κ1) is 12.8. The van der Waals surface area contributed by atoms with Gasteiger partial charge in [0.1, 0.15) is 0 Å². The summed E-state index contributed by atoms with van der Waals surface area (Å²) in [5.74, 6) is -0.339. The van der Waals surface area contributed by atoms with Crippen LogP contribution >= 0.6 is 0 Å². The number of Topliss-reactive ketones (excluding diaryl/α,β-unsaturated/α-hetero) is 1. The molecule has 1 fully saturated rings. The maximum Gasteiger partial charge on any atom is 0.221 e. The summed E-state index contributed by atoms with van der Waals surface area (Å²) in [4.78, 5) is 28.2. The number of ketones is 1. The van der Waals surface area contributed by atoms with Gasteiger partial charge in [-0.3, -0.25) is 14.5 Å². The maximum atomic E-state index is 12.0. The van der Waals surface area contributed by atoms with Gasteiger partial charge in [-0.15, -0.1) is 0 Å². The second-order valence-corrected chi connectivity index (χ2v) is 4.96. The quantitative estimate of drug-likeness (QED) is 0.774. The summed E-state index contributed by atoms with van der Waals surface area (Å²) in [5.41, 5.74) is 5.96. The number of likely N-dealkylation sites (tertiary alicyclic amines) is 1. The van der Waals surface area contributed by atoms with Crippen molar-refractivity contribution in [1.82, 2.24) is 9.88 Å². The second-order valence-electron chi connectivity index (χ2n) is 4.96. The lowest BCUT2D eigenvalue weighted by Crippen LogP contribution is -2.47. The minimum Gasteiger partial charge on any atom is -0.369 e. The number of carbonyl (C=O) groups is 2. The van der Waals surface area contributed by atoms with Crippen molar-refractivity contribution in [3.63, 3.8) is 0 Å². The number of aromatic amines is 1. The Balaban J connectivity index is 1.98. The van der Waals surface area contributed by atoms with Crippen LogP contribution in [0.2, 0.25) is 0 Å². The summed E-state index contributed by atoms with van der Waals surface area (Å²) in [6.45, 7) is 3.01. The van der Waals surface area contributed by atoms with Gasteiger partial charge in [0, 0.05) is 18.8 Å². The Morgan fingerprint density at radius 2 is 2.28 bits per heavy atom. The van der Waals surface area contributed by atoms with Crippen LogP contribution in [0.3, 0.4) is 0 Å². The summed E-state index contributed by atoms with van der Waals surface area (Å²) in [5, 5.41) is 0. The van der Waals surface area contributed by atoms with Crippen LogP contribution in [0.25, 0.3) is 0 Å². The van der Waals surface area contributed by atoms with Gasteiger partial charge in [-0.05, 0) is 31.9 Å². The Bertz CT molecular complexity index is 427. The zero-order chi connectivity index (χ0) is 13.1. The third-order valence-corrected chi connectivity index (χ3v) is 3.66. The minimum absolute atomic E-state index is 0.0528. The molecule has 1 aliphatic heterocycles. The lowest BCUT2D eigenvalue weighted by molar-refractivity contribution is -0.123. The molecule has 1 aromatic heterocycles. The Hall–Kier alpha value is -1.62. The fourth-order valence-corrected chi connectivity index (χ4v) is 2.41. The molecule has 0 saturated carbocycles. The number of nitrogens with zero attached hydrogens (tertiary/aromatic N) is 1. The van der Waals surface area contributed by atoms with E-state index in [1.54, 1.807) is 18.3 Å². The molecule has 18 heavy (non-hydrogen) atoms. The van der Waals surface area contributed by atoms with Crippen molar-refractivity contribution >= 4 is 11.7 Å². The average molecular weight is 249 g/mol. The van der Waals surface area contributed by atoms with E-state index < -0.39 is 0 Å². The number of nitrogens with one attached hydrogen (secondary N) is 1. The molecular formula is C13H19N3O2. The first-order chi connectivity index (χ1) is 8.58. The molecule has 3 N–H and O–H groups in total. The largest absolute Gasteiger partial charge is 0.369 e. The first-order valence-electron chi connectivity index (χ1n) is 6.28. The third-order valence-electron chi connectivity index (χ3n) is 3.66. The molecule has 0 bridgehead atoms. The Morgan fingerprint density at radius 1 is 1.50 bits per heavy atom. The van der Waals surface area contributed by atoms with Crippen molar-refractivity contribution in [2.75, 3.05) is 13.1 Å². The van der Waals surface area contributed by atoms with E-state index in [-0.39, 0.29) is 17.6 Å². The van der Waals surface area contributed by atoms with Crippen molar-refractivity contribution in [3.8, 4) is 0 Å². The van der Waals surface area contributed by atoms with Crippen LogP contribution in [0.1, 0.15) is 30.3 Å². The van der Waals surface area contributed by atoms with Crippen LogP contribution < -0.4 is 5.73 Å². The molecule has 1 aromatic rings.